The lowest BCUT2D eigenvalue weighted by molar-refractivity contribution is -0.116. The predicted molar refractivity (Wildman–Crippen MR) is 86.2 cm³/mol. The van der Waals surface area contributed by atoms with Crippen molar-refractivity contribution in [1.29, 1.82) is 0 Å². The van der Waals surface area contributed by atoms with Crippen molar-refractivity contribution in [1.82, 2.24) is 0 Å². The summed E-state index contributed by atoms with van der Waals surface area (Å²) in [5.41, 5.74) is 7.60. The molecule has 0 fully saturated rings. The molecule has 0 radical (unpaired) electrons. The molecule has 3 N–H and O–H groups in total. The van der Waals surface area contributed by atoms with Gasteiger partial charge < -0.3 is 20.5 Å². The van der Waals surface area contributed by atoms with Gasteiger partial charge in [0, 0.05) is 36.3 Å². The normalized spacial score (nSPS) is 11.6. The number of methoxy groups -OCH3 is 2. The van der Waals surface area contributed by atoms with Crippen LogP contribution in [0.3, 0.4) is 0 Å². The number of nitrogens with two attached hydrogens (primary N) is 1. The summed E-state index contributed by atoms with van der Waals surface area (Å²) < 4.78 is 10.3. The predicted octanol–water partition coefficient (Wildman–Crippen LogP) is 2.73. The fourth-order valence-electron chi connectivity index (χ4n) is 2.11. The number of carbonyl (C=O) groups excluding carboxylic acids is 1. The van der Waals surface area contributed by atoms with Crippen molar-refractivity contribution in [2.75, 3.05) is 19.5 Å². The van der Waals surface area contributed by atoms with Crippen LogP contribution in [0.1, 0.15) is 18.0 Å². The van der Waals surface area contributed by atoms with Crippen molar-refractivity contribution in [3.05, 3.63) is 54.1 Å². The zero-order chi connectivity index (χ0) is 15.9. The molecular weight excluding hydrogens is 280 g/mol. The average molecular weight is 300 g/mol. The topological polar surface area (TPSA) is 73.6 Å². The Balaban J connectivity index is 2.03. The number of rotatable bonds is 6. The van der Waals surface area contributed by atoms with E-state index in [2.05, 4.69) is 5.32 Å². The second kappa shape index (κ2) is 7.47. The van der Waals surface area contributed by atoms with Crippen molar-refractivity contribution in [2.24, 2.45) is 5.73 Å². The Labute approximate surface area is 130 Å². The van der Waals surface area contributed by atoms with Gasteiger partial charge in [-0.05, 0) is 5.56 Å². The zero-order valence-electron chi connectivity index (χ0n) is 12.7. The number of hydrogen-bond donors (Lipinski definition) is 2. The molecule has 0 spiro atoms. The van der Waals surface area contributed by atoms with E-state index in [-0.39, 0.29) is 18.4 Å². The van der Waals surface area contributed by atoms with E-state index in [1.807, 2.05) is 30.3 Å². The summed E-state index contributed by atoms with van der Waals surface area (Å²) in [4.78, 5) is 12.1. The second-order valence-corrected chi connectivity index (χ2v) is 4.87. The van der Waals surface area contributed by atoms with Crippen LogP contribution < -0.4 is 20.5 Å². The summed E-state index contributed by atoms with van der Waals surface area (Å²) in [6, 6.07) is 14.4. The number of anilines is 1. The Bertz CT molecular complexity index is 607. The molecule has 0 aliphatic carbocycles. The van der Waals surface area contributed by atoms with Gasteiger partial charge >= 0.3 is 0 Å². The number of ether oxygens (including phenoxy) is 2. The smallest absolute Gasteiger partial charge is 0.226 e. The van der Waals surface area contributed by atoms with Crippen molar-refractivity contribution >= 4 is 11.6 Å². The Morgan fingerprint density at radius 2 is 1.68 bits per heavy atom. The van der Waals surface area contributed by atoms with E-state index in [9.17, 15) is 4.79 Å². The van der Waals surface area contributed by atoms with Gasteiger partial charge in [0.05, 0.1) is 14.2 Å². The highest BCUT2D eigenvalue weighted by atomic mass is 16.5. The summed E-state index contributed by atoms with van der Waals surface area (Å²) in [6.07, 6.45) is 0.198. The molecule has 0 aromatic heterocycles. The van der Waals surface area contributed by atoms with Gasteiger partial charge in [-0.25, -0.2) is 0 Å². The fourth-order valence-corrected chi connectivity index (χ4v) is 2.11. The second-order valence-electron chi connectivity index (χ2n) is 4.87. The Hall–Kier alpha value is -2.53. The molecule has 1 atom stereocenters. The molecule has 1 amide bonds. The zero-order valence-corrected chi connectivity index (χ0v) is 12.7. The van der Waals surface area contributed by atoms with Gasteiger partial charge in [-0.3, -0.25) is 4.79 Å². The van der Waals surface area contributed by atoms with E-state index in [1.54, 1.807) is 32.4 Å². The molecule has 0 heterocycles. The van der Waals surface area contributed by atoms with Crippen LogP contribution in [-0.2, 0) is 4.79 Å². The minimum Gasteiger partial charge on any atom is -0.497 e. The summed E-state index contributed by atoms with van der Waals surface area (Å²) in [5, 5.41) is 2.81. The van der Waals surface area contributed by atoms with Gasteiger partial charge in [0.2, 0.25) is 5.91 Å². The lowest BCUT2D eigenvalue weighted by atomic mass is 10.0. The maximum atomic E-state index is 12.1. The maximum Gasteiger partial charge on any atom is 0.226 e. The average Bonchev–Trinajstić information content (AvgIpc) is 2.55. The molecule has 1 unspecified atom stereocenters. The van der Waals surface area contributed by atoms with Crippen LogP contribution in [0.2, 0.25) is 0 Å². The van der Waals surface area contributed by atoms with E-state index in [0.717, 1.165) is 5.56 Å². The maximum absolute atomic E-state index is 12.1. The SMILES string of the molecule is COc1cc(NC(=O)CC(N)c2ccccc2)cc(OC)c1. The lowest BCUT2D eigenvalue weighted by Gasteiger charge is -2.13. The lowest BCUT2D eigenvalue weighted by Crippen LogP contribution is -2.20. The number of hydrogen-bond acceptors (Lipinski definition) is 4. The standard InChI is InChI=1S/C17H20N2O3/c1-21-14-8-13(9-15(10-14)22-2)19-17(20)11-16(18)12-6-4-3-5-7-12/h3-10,16H,11,18H2,1-2H3,(H,19,20). The Kier molecular flexibility index (Phi) is 5.38. The van der Waals surface area contributed by atoms with Crippen LogP contribution >= 0.6 is 0 Å². The molecule has 22 heavy (non-hydrogen) atoms. The van der Waals surface area contributed by atoms with Crippen LogP contribution in [0.15, 0.2) is 48.5 Å². The van der Waals surface area contributed by atoms with Crippen LogP contribution in [0.4, 0.5) is 5.69 Å². The number of nitrogens with one attached hydrogen (secondary N) is 1. The quantitative estimate of drug-likeness (QED) is 0.860. The molecule has 0 saturated heterocycles. The van der Waals surface area contributed by atoms with Crippen molar-refractivity contribution in [3.8, 4) is 11.5 Å². The molecule has 0 aliphatic heterocycles. The monoisotopic (exact) mass is 300 g/mol. The molecule has 0 bridgehead atoms. The van der Waals surface area contributed by atoms with Crippen molar-refractivity contribution in [3.63, 3.8) is 0 Å². The van der Waals surface area contributed by atoms with Crippen molar-refractivity contribution in [2.45, 2.75) is 12.5 Å². The summed E-state index contributed by atoms with van der Waals surface area (Å²) >= 11 is 0. The summed E-state index contributed by atoms with van der Waals surface area (Å²) in [5.74, 6) is 1.07. The van der Waals surface area contributed by atoms with Gasteiger partial charge in [-0.15, -0.1) is 0 Å². The van der Waals surface area contributed by atoms with E-state index in [0.29, 0.717) is 17.2 Å². The third-order valence-corrected chi connectivity index (χ3v) is 3.27. The molecule has 5 nitrogen and oxygen atoms in total. The highest BCUT2D eigenvalue weighted by Crippen LogP contribution is 2.26. The largest absolute Gasteiger partial charge is 0.497 e. The minimum absolute atomic E-state index is 0.161. The van der Waals surface area contributed by atoms with Gasteiger partial charge in [0.25, 0.3) is 0 Å². The van der Waals surface area contributed by atoms with Crippen LogP contribution in [0.5, 0.6) is 11.5 Å². The van der Waals surface area contributed by atoms with Gasteiger partial charge in [-0.2, -0.15) is 0 Å². The number of benzene rings is 2. The number of carbonyl (C=O) groups is 1. The molecule has 2 aromatic carbocycles. The molecule has 2 rings (SSSR count). The van der Waals surface area contributed by atoms with Gasteiger partial charge in [-0.1, -0.05) is 30.3 Å². The third kappa shape index (κ3) is 4.23. The molecular formula is C17H20N2O3. The van der Waals surface area contributed by atoms with E-state index < -0.39 is 0 Å². The van der Waals surface area contributed by atoms with E-state index in [1.165, 1.54) is 0 Å². The Morgan fingerprint density at radius 1 is 1.09 bits per heavy atom. The first-order chi connectivity index (χ1) is 10.6. The highest BCUT2D eigenvalue weighted by Gasteiger charge is 2.12. The van der Waals surface area contributed by atoms with Gasteiger partial charge in [0.1, 0.15) is 11.5 Å². The van der Waals surface area contributed by atoms with E-state index in [4.69, 9.17) is 15.2 Å². The number of amides is 1. The highest BCUT2D eigenvalue weighted by molar-refractivity contribution is 5.91. The molecule has 2 aromatic rings. The molecule has 116 valence electrons. The van der Waals surface area contributed by atoms with Gasteiger partial charge in [0.15, 0.2) is 0 Å². The first kappa shape index (κ1) is 15.9. The molecule has 5 heteroatoms. The molecule has 0 aliphatic rings. The summed E-state index contributed by atoms with van der Waals surface area (Å²) in [6.45, 7) is 0. The fraction of sp³-hybridized carbons (Fsp3) is 0.235. The van der Waals surface area contributed by atoms with Crippen LogP contribution in [0, 0.1) is 0 Å². The van der Waals surface area contributed by atoms with E-state index >= 15 is 0 Å². The van der Waals surface area contributed by atoms with Crippen LogP contribution in [0.25, 0.3) is 0 Å². The minimum atomic E-state index is -0.339. The Morgan fingerprint density at radius 3 is 2.23 bits per heavy atom. The first-order valence-corrected chi connectivity index (χ1v) is 6.96. The summed E-state index contributed by atoms with van der Waals surface area (Å²) in [7, 11) is 3.12. The third-order valence-electron chi connectivity index (χ3n) is 3.27. The molecule has 0 saturated carbocycles. The van der Waals surface area contributed by atoms with Crippen LogP contribution in [-0.4, -0.2) is 20.1 Å². The first-order valence-electron chi connectivity index (χ1n) is 6.96. The van der Waals surface area contributed by atoms with Crippen molar-refractivity contribution < 1.29 is 14.3 Å².